The third kappa shape index (κ3) is 3.04. The molecule has 2 aromatic carbocycles. The molecular weight excluding hydrogens is 369 g/mol. The number of aryl methyl sites for hydroxylation is 1. The number of halogens is 3. The van der Waals surface area contributed by atoms with E-state index in [1.807, 2.05) is 37.4 Å². The van der Waals surface area contributed by atoms with Gasteiger partial charge in [0.25, 0.3) is 0 Å². The van der Waals surface area contributed by atoms with E-state index in [0.29, 0.717) is 26.6 Å². The van der Waals surface area contributed by atoms with Crippen LogP contribution in [0.1, 0.15) is 5.82 Å². The van der Waals surface area contributed by atoms with E-state index in [-0.39, 0.29) is 5.71 Å². The molecule has 0 spiro atoms. The number of rotatable bonds is 3. The number of fused-ring (bicyclic) bond motifs is 1. The highest BCUT2D eigenvalue weighted by atomic mass is 35.5. The molecule has 3 rings (SSSR count). The quantitative estimate of drug-likeness (QED) is 0.522. The molecule has 120 valence electrons. The van der Waals surface area contributed by atoms with Crippen molar-refractivity contribution in [2.24, 2.45) is 12.1 Å². The van der Waals surface area contributed by atoms with E-state index in [1.54, 1.807) is 4.57 Å². The number of aromatic nitrogens is 2. The molecule has 0 atom stereocenters. The van der Waals surface area contributed by atoms with E-state index in [2.05, 4.69) is 15.5 Å². The first-order valence-corrected chi connectivity index (χ1v) is 7.95. The number of imidazole rings is 1. The number of benzene rings is 2. The Bertz CT molecular complexity index is 978. The van der Waals surface area contributed by atoms with E-state index in [0.717, 1.165) is 11.0 Å². The molecule has 0 aliphatic rings. The first-order valence-electron chi connectivity index (χ1n) is 6.81. The second-order valence-corrected chi connectivity index (χ2v) is 6.16. The maximum absolute atomic E-state index is 9.43. The molecule has 1 heterocycles. The second kappa shape index (κ2) is 6.70. The van der Waals surface area contributed by atoms with Crippen LogP contribution >= 0.6 is 34.8 Å². The third-order valence-electron chi connectivity index (χ3n) is 3.39. The lowest BCUT2D eigenvalue weighted by molar-refractivity contribution is 0.930. The zero-order chi connectivity index (χ0) is 17.3. The van der Waals surface area contributed by atoms with E-state index in [4.69, 9.17) is 34.8 Å². The molecular formula is C16H10Cl3N5. The fourth-order valence-corrected chi connectivity index (χ4v) is 3.14. The van der Waals surface area contributed by atoms with Crippen LogP contribution in [0.15, 0.2) is 41.5 Å². The van der Waals surface area contributed by atoms with Gasteiger partial charge in [0.1, 0.15) is 6.07 Å². The minimum Gasteiger partial charge on any atom is -0.325 e. The monoisotopic (exact) mass is 377 g/mol. The molecule has 0 aliphatic carbocycles. The molecule has 24 heavy (non-hydrogen) atoms. The summed E-state index contributed by atoms with van der Waals surface area (Å²) in [5, 5.41) is 14.5. The van der Waals surface area contributed by atoms with Crippen molar-refractivity contribution in [1.82, 2.24) is 9.55 Å². The highest BCUT2D eigenvalue weighted by Gasteiger charge is 2.14. The molecule has 0 unspecified atom stereocenters. The Labute approximate surface area is 153 Å². The van der Waals surface area contributed by atoms with E-state index >= 15 is 0 Å². The van der Waals surface area contributed by atoms with Crippen LogP contribution in [0.4, 0.5) is 5.69 Å². The van der Waals surface area contributed by atoms with Gasteiger partial charge < -0.3 is 4.57 Å². The lowest BCUT2D eigenvalue weighted by atomic mass is 10.3. The minimum atomic E-state index is 0.107. The summed E-state index contributed by atoms with van der Waals surface area (Å²) >= 11 is 18.1. The van der Waals surface area contributed by atoms with Crippen LogP contribution < -0.4 is 5.43 Å². The molecule has 0 amide bonds. The van der Waals surface area contributed by atoms with Gasteiger partial charge in [-0.1, -0.05) is 46.9 Å². The van der Waals surface area contributed by atoms with Crippen LogP contribution in [0, 0.1) is 11.3 Å². The van der Waals surface area contributed by atoms with Gasteiger partial charge >= 0.3 is 0 Å². The van der Waals surface area contributed by atoms with Gasteiger partial charge in [-0.2, -0.15) is 10.4 Å². The highest BCUT2D eigenvalue weighted by Crippen LogP contribution is 2.33. The van der Waals surface area contributed by atoms with Crippen molar-refractivity contribution in [3.05, 3.63) is 57.3 Å². The summed E-state index contributed by atoms with van der Waals surface area (Å²) in [4.78, 5) is 4.44. The summed E-state index contributed by atoms with van der Waals surface area (Å²) < 4.78 is 1.80. The van der Waals surface area contributed by atoms with Crippen LogP contribution in [0.5, 0.6) is 0 Å². The number of nitrogens with one attached hydrogen (secondary N) is 1. The lowest BCUT2D eigenvalue weighted by Gasteiger charge is -2.07. The fourth-order valence-electron chi connectivity index (χ4n) is 2.24. The van der Waals surface area contributed by atoms with E-state index in [1.165, 1.54) is 12.1 Å². The Morgan fingerprint density at radius 1 is 1.21 bits per heavy atom. The van der Waals surface area contributed by atoms with Crippen LogP contribution in [0.25, 0.3) is 11.0 Å². The third-order valence-corrected chi connectivity index (χ3v) is 4.21. The number of hydrogen-bond donors (Lipinski definition) is 1. The van der Waals surface area contributed by atoms with Crippen LogP contribution in [-0.4, -0.2) is 15.3 Å². The molecule has 8 heteroatoms. The zero-order valence-electron chi connectivity index (χ0n) is 12.4. The van der Waals surface area contributed by atoms with Gasteiger partial charge in [-0.3, -0.25) is 5.43 Å². The zero-order valence-corrected chi connectivity index (χ0v) is 14.7. The fraction of sp³-hybridized carbons (Fsp3) is 0.0625. The number of para-hydroxylation sites is 2. The molecule has 1 N–H and O–H groups in total. The average molecular weight is 379 g/mol. The van der Waals surface area contributed by atoms with Gasteiger partial charge in [-0.25, -0.2) is 4.98 Å². The number of anilines is 1. The first kappa shape index (κ1) is 16.6. The second-order valence-electron chi connectivity index (χ2n) is 4.91. The van der Waals surface area contributed by atoms with Crippen molar-refractivity contribution in [2.75, 3.05) is 5.43 Å². The van der Waals surface area contributed by atoms with Crippen LogP contribution in [0.2, 0.25) is 15.1 Å². The molecule has 0 bridgehead atoms. The Hall–Kier alpha value is -2.26. The van der Waals surface area contributed by atoms with Gasteiger partial charge in [0, 0.05) is 12.1 Å². The Morgan fingerprint density at radius 2 is 1.88 bits per heavy atom. The van der Waals surface area contributed by atoms with Crippen LogP contribution in [-0.2, 0) is 7.05 Å². The Balaban J connectivity index is 2.01. The van der Waals surface area contributed by atoms with Crippen molar-refractivity contribution in [3.8, 4) is 6.07 Å². The van der Waals surface area contributed by atoms with Crippen molar-refractivity contribution in [3.63, 3.8) is 0 Å². The SMILES string of the molecule is Cn1c(/C(C#N)=N\Nc2c(Cl)cc(Cl)cc2Cl)nc2ccccc21. The summed E-state index contributed by atoms with van der Waals surface area (Å²) in [5.74, 6) is 0.437. The summed E-state index contributed by atoms with van der Waals surface area (Å²) in [7, 11) is 1.82. The molecule has 0 aliphatic heterocycles. The van der Waals surface area contributed by atoms with Gasteiger partial charge in [0.2, 0.25) is 5.71 Å². The highest BCUT2D eigenvalue weighted by molar-refractivity contribution is 6.41. The largest absolute Gasteiger partial charge is 0.325 e. The van der Waals surface area contributed by atoms with E-state index < -0.39 is 0 Å². The van der Waals surface area contributed by atoms with Gasteiger partial charge in [0.05, 0.1) is 26.8 Å². The van der Waals surface area contributed by atoms with Crippen molar-refractivity contribution in [2.45, 2.75) is 0 Å². The van der Waals surface area contributed by atoms with E-state index in [9.17, 15) is 5.26 Å². The molecule has 0 radical (unpaired) electrons. The number of hydrogen-bond acceptors (Lipinski definition) is 4. The van der Waals surface area contributed by atoms with Crippen molar-refractivity contribution in [1.29, 1.82) is 5.26 Å². The summed E-state index contributed by atoms with van der Waals surface area (Å²) in [6.07, 6.45) is 0. The molecule has 0 saturated heterocycles. The predicted octanol–water partition coefficient (Wildman–Crippen LogP) is 4.87. The molecule has 3 aromatic rings. The smallest absolute Gasteiger partial charge is 0.203 e. The van der Waals surface area contributed by atoms with Crippen LogP contribution in [0.3, 0.4) is 0 Å². The number of nitriles is 1. The topological polar surface area (TPSA) is 66.0 Å². The Kier molecular flexibility index (Phi) is 4.63. The molecule has 0 saturated carbocycles. The molecule has 0 fully saturated rings. The Morgan fingerprint density at radius 3 is 2.50 bits per heavy atom. The van der Waals surface area contributed by atoms with Crippen molar-refractivity contribution >= 4 is 57.2 Å². The maximum atomic E-state index is 9.43. The summed E-state index contributed by atoms with van der Waals surface area (Å²) in [5.41, 5.74) is 4.88. The molecule has 1 aromatic heterocycles. The predicted molar refractivity (Wildman–Crippen MR) is 98.0 cm³/mol. The first-order chi connectivity index (χ1) is 11.5. The molecule has 5 nitrogen and oxygen atoms in total. The maximum Gasteiger partial charge on any atom is 0.203 e. The minimum absolute atomic E-state index is 0.107. The van der Waals surface area contributed by atoms with Gasteiger partial charge in [-0.15, -0.1) is 0 Å². The standard InChI is InChI=1S/C16H10Cl3N5/c1-24-14-5-3-2-4-12(14)21-16(24)13(8-20)22-23-15-10(18)6-9(17)7-11(15)19/h2-7,23H,1H3/b22-13-. The normalized spacial score (nSPS) is 11.5. The average Bonchev–Trinajstić information content (AvgIpc) is 2.87. The number of nitrogens with zero attached hydrogens (tertiary/aromatic N) is 4. The van der Waals surface area contributed by atoms with Gasteiger partial charge in [-0.05, 0) is 24.3 Å². The summed E-state index contributed by atoms with van der Waals surface area (Å²) in [6.45, 7) is 0. The number of hydrazone groups is 1. The van der Waals surface area contributed by atoms with Crippen molar-refractivity contribution < 1.29 is 0 Å². The summed E-state index contributed by atoms with van der Waals surface area (Å²) in [6, 6.07) is 12.7. The lowest BCUT2D eigenvalue weighted by Crippen LogP contribution is -2.09. The van der Waals surface area contributed by atoms with Gasteiger partial charge in [0.15, 0.2) is 5.82 Å².